The van der Waals surface area contributed by atoms with Crippen LogP contribution in [0.4, 0.5) is 0 Å². The highest BCUT2D eigenvalue weighted by atomic mass is 79.9. The molecule has 0 atom stereocenters. The Morgan fingerprint density at radius 2 is 2.14 bits per heavy atom. The summed E-state index contributed by atoms with van der Waals surface area (Å²) < 4.78 is 1.23. The molecule has 1 N–H and O–H groups in total. The first kappa shape index (κ1) is 10.5. The van der Waals surface area contributed by atoms with Crippen LogP contribution in [0.25, 0.3) is 0 Å². The summed E-state index contributed by atoms with van der Waals surface area (Å²) in [5, 5.41) is 3.55. The van der Waals surface area contributed by atoms with Crippen molar-refractivity contribution in [1.29, 1.82) is 0 Å². The largest absolute Gasteiger partial charge is 0.312 e. The van der Waals surface area contributed by atoms with E-state index in [0.29, 0.717) is 0 Å². The Morgan fingerprint density at radius 3 is 2.79 bits per heavy atom. The van der Waals surface area contributed by atoms with E-state index in [2.05, 4.69) is 45.5 Å². The number of hydrogen-bond acceptors (Lipinski definition) is 2. The summed E-state index contributed by atoms with van der Waals surface area (Å²) in [5.74, 6) is 2.58. The molecular formula is C11H14BrNS. The Morgan fingerprint density at radius 1 is 1.36 bits per heavy atom. The molecule has 1 fully saturated rings. The van der Waals surface area contributed by atoms with Gasteiger partial charge in [0, 0.05) is 22.0 Å². The van der Waals surface area contributed by atoms with Crippen LogP contribution in [0.5, 0.6) is 0 Å². The second kappa shape index (κ2) is 5.19. The molecular weight excluding hydrogens is 258 g/mol. The molecule has 0 aromatic heterocycles. The molecule has 14 heavy (non-hydrogen) atoms. The average Bonchev–Trinajstić information content (AvgIpc) is 2.12. The number of hydrogen-bond donors (Lipinski definition) is 1. The zero-order chi connectivity index (χ0) is 9.80. The Balaban J connectivity index is 1.76. The first-order chi connectivity index (χ1) is 6.86. The fourth-order valence-electron chi connectivity index (χ4n) is 1.47. The molecule has 2 rings (SSSR count). The maximum atomic E-state index is 3.56. The summed E-state index contributed by atoms with van der Waals surface area (Å²) in [5.41, 5.74) is 1.40. The molecule has 0 unspecified atom stereocenters. The van der Waals surface area contributed by atoms with Crippen LogP contribution in [0.3, 0.4) is 0 Å². The minimum Gasteiger partial charge on any atom is -0.312 e. The normalized spacial score (nSPS) is 16.6. The van der Waals surface area contributed by atoms with E-state index in [4.69, 9.17) is 0 Å². The van der Waals surface area contributed by atoms with Crippen molar-refractivity contribution in [3.63, 3.8) is 0 Å². The molecule has 0 spiro atoms. The maximum absolute atomic E-state index is 3.56. The van der Waals surface area contributed by atoms with E-state index < -0.39 is 0 Å². The van der Waals surface area contributed by atoms with E-state index in [1.807, 2.05) is 11.8 Å². The van der Waals surface area contributed by atoms with Gasteiger partial charge < -0.3 is 5.32 Å². The van der Waals surface area contributed by atoms with Crippen LogP contribution >= 0.6 is 27.7 Å². The standard InChI is InChI=1S/C11H14BrNS/c12-11-4-2-1-3-9(11)5-6-13-10-7-14-8-10/h1-4,10,13H,5-8H2. The molecule has 76 valence electrons. The summed E-state index contributed by atoms with van der Waals surface area (Å²) in [4.78, 5) is 0. The maximum Gasteiger partial charge on any atom is 0.0248 e. The number of rotatable bonds is 4. The lowest BCUT2D eigenvalue weighted by molar-refractivity contribution is 0.584. The van der Waals surface area contributed by atoms with Gasteiger partial charge in [-0.05, 0) is 24.6 Å². The number of nitrogens with one attached hydrogen (secondary N) is 1. The van der Waals surface area contributed by atoms with Crippen LogP contribution in [-0.4, -0.2) is 24.1 Å². The molecule has 1 aliphatic rings. The van der Waals surface area contributed by atoms with E-state index in [1.165, 1.54) is 21.5 Å². The molecule has 0 amide bonds. The third-order valence-electron chi connectivity index (χ3n) is 2.42. The highest BCUT2D eigenvalue weighted by molar-refractivity contribution is 9.10. The summed E-state index contributed by atoms with van der Waals surface area (Å²) in [6, 6.07) is 9.21. The smallest absolute Gasteiger partial charge is 0.0248 e. The van der Waals surface area contributed by atoms with Gasteiger partial charge >= 0.3 is 0 Å². The van der Waals surface area contributed by atoms with Crippen molar-refractivity contribution in [3.8, 4) is 0 Å². The van der Waals surface area contributed by atoms with Gasteiger partial charge in [-0.25, -0.2) is 0 Å². The molecule has 1 aromatic rings. The van der Waals surface area contributed by atoms with Crippen LogP contribution in [0.2, 0.25) is 0 Å². The predicted molar refractivity (Wildman–Crippen MR) is 67.0 cm³/mol. The second-order valence-corrected chi connectivity index (χ2v) is 5.46. The first-order valence-corrected chi connectivity index (χ1v) is 6.85. The summed E-state index contributed by atoms with van der Waals surface area (Å²) in [6.07, 6.45) is 1.11. The fraction of sp³-hybridized carbons (Fsp3) is 0.455. The first-order valence-electron chi connectivity index (χ1n) is 4.91. The van der Waals surface area contributed by atoms with Crippen molar-refractivity contribution in [3.05, 3.63) is 34.3 Å². The van der Waals surface area contributed by atoms with Gasteiger partial charge in [0.25, 0.3) is 0 Å². The van der Waals surface area contributed by atoms with Crippen LogP contribution < -0.4 is 5.32 Å². The van der Waals surface area contributed by atoms with Crippen LogP contribution in [0, 0.1) is 0 Å². The Bertz CT molecular complexity index is 299. The van der Waals surface area contributed by atoms with Crippen molar-refractivity contribution in [2.24, 2.45) is 0 Å². The Hall–Kier alpha value is 0.01000. The Labute approximate surface area is 97.8 Å². The summed E-state index contributed by atoms with van der Waals surface area (Å²) in [6.45, 7) is 1.09. The molecule has 1 aliphatic heterocycles. The SMILES string of the molecule is Brc1ccccc1CCNC1CSC1. The minimum atomic E-state index is 0.766. The van der Waals surface area contributed by atoms with E-state index in [9.17, 15) is 0 Å². The predicted octanol–water partition coefficient (Wildman–Crippen LogP) is 2.70. The van der Waals surface area contributed by atoms with Gasteiger partial charge in [0.05, 0.1) is 0 Å². The van der Waals surface area contributed by atoms with E-state index in [1.54, 1.807) is 0 Å². The van der Waals surface area contributed by atoms with Crippen LogP contribution in [0.15, 0.2) is 28.7 Å². The summed E-state index contributed by atoms with van der Waals surface area (Å²) in [7, 11) is 0. The highest BCUT2D eigenvalue weighted by Crippen LogP contribution is 2.18. The van der Waals surface area contributed by atoms with Crippen molar-refractivity contribution in [1.82, 2.24) is 5.32 Å². The third kappa shape index (κ3) is 2.75. The molecule has 0 aliphatic carbocycles. The van der Waals surface area contributed by atoms with Gasteiger partial charge in [0.1, 0.15) is 0 Å². The van der Waals surface area contributed by atoms with E-state index in [0.717, 1.165) is 19.0 Å². The van der Waals surface area contributed by atoms with Gasteiger partial charge in [-0.1, -0.05) is 34.1 Å². The van der Waals surface area contributed by atoms with Crippen molar-refractivity contribution >= 4 is 27.7 Å². The van der Waals surface area contributed by atoms with Gasteiger partial charge in [0.15, 0.2) is 0 Å². The lowest BCUT2D eigenvalue weighted by Crippen LogP contribution is -2.41. The lowest BCUT2D eigenvalue weighted by atomic mass is 10.1. The highest BCUT2D eigenvalue weighted by Gasteiger charge is 2.16. The average molecular weight is 272 g/mol. The van der Waals surface area contributed by atoms with Crippen LogP contribution in [0.1, 0.15) is 5.56 Å². The van der Waals surface area contributed by atoms with Gasteiger partial charge in [0.2, 0.25) is 0 Å². The van der Waals surface area contributed by atoms with Gasteiger partial charge in [-0.15, -0.1) is 0 Å². The molecule has 1 saturated heterocycles. The van der Waals surface area contributed by atoms with E-state index in [-0.39, 0.29) is 0 Å². The third-order valence-corrected chi connectivity index (χ3v) is 4.47. The van der Waals surface area contributed by atoms with Gasteiger partial charge in [-0.3, -0.25) is 0 Å². The molecule has 0 bridgehead atoms. The van der Waals surface area contributed by atoms with Crippen molar-refractivity contribution < 1.29 is 0 Å². The Kier molecular flexibility index (Phi) is 3.90. The monoisotopic (exact) mass is 271 g/mol. The zero-order valence-corrected chi connectivity index (χ0v) is 10.4. The van der Waals surface area contributed by atoms with Gasteiger partial charge in [-0.2, -0.15) is 11.8 Å². The summed E-state index contributed by atoms with van der Waals surface area (Å²) >= 11 is 5.59. The molecule has 1 nitrogen and oxygen atoms in total. The van der Waals surface area contributed by atoms with Crippen molar-refractivity contribution in [2.45, 2.75) is 12.5 Å². The molecule has 1 aromatic carbocycles. The number of benzene rings is 1. The molecule has 0 radical (unpaired) electrons. The minimum absolute atomic E-state index is 0.766. The quantitative estimate of drug-likeness (QED) is 0.904. The molecule has 0 saturated carbocycles. The number of thioether (sulfide) groups is 1. The molecule has 3 heteroatoms. The molecule has 1 heterocycles. The van der Waals surface area contributed by atoms with Crippen molar-refractivity contribution in [2.75, 3.05) is 18.1 Å². The second-order valence-electron chi connectivity index (χ2n) is 3.53. The fourth-order valence-corrected chi connectivity index (χ4v) is 2.66. The lowest BCUT2D eigenvalue weighted by Gasteiger charge is -2.26. The van der Waals surface area contributed by atoms with Crippen LogP contribution in [-0.2, 0) is 6.42 Å². The van der Waals surface area contributed by atoms with E-state index >= 15 is 0 Å². The zero-order valence-electron chi connectivity index (χ0n) is 8.00. The number of halogens is 1. The topological polar surface area (TPSA) is 12.0 Å².